The van der Waals surface area contributed by atoms with Crippen LogP contribution in [0.15, 0.2) is 70.0 Å². The summed E-state index contributed by atoms with van der Waals surface area (Å²) in [5, 5.41) is 2.85. The van der Waals surface area contributed by atoms with Crippen molar-refractivity contribution in [3.05, 3.63) is 76.3 Å². The van der Waals surface area contributed by atoms with Gasteiger partial charge in [0.2, 0.25) is 0 Å². The molecule has 0 aliphatic carbocycles. The minimum absolute atomic E-state index is 0.0781. The number of hydrogen-bond donors (Lipinski definition) is 2. The first-order valence-electron chi connectivity index (χ1n) is 10.2. The molecule has 33 heavy (non-hydrogen) atoms. The first-order chi connectivity index (χ1) is 15.7. The lowest BCUT2D eigenvalue weighted by Crippen LogP contribution is -2.21. The van der Waals surface area contributed by atoms with E-state index in [-0.39, 0.29) is 17.4 Å². The van der Waals surface area contributed by atoms with Crippen molar-refractivity contribution in [2.24, 2.45) is 0 Å². The molecule has 2 N–H and O–H groups in total. The fraction of sp³-hybridized carbons (Fsp3) is 0.208. The number of ether oxygens (including phenoxy) is 2. The number of anilines is 2. The molecule has 3 aromatic rings. The van der Waals surface area contributed by atoms with Gasteiger partial charge in [0.05, 0.1) is 11.5 Å². The Morgan fingerprint density at radius 1 is 0.909 bits per heavy atom. The van der Waals surface area contributed by atoms with Crippen molar-refractivity contribution in [1.82, 2.24) is 0 Å². The van der Waals surface area contributed by atoms with Crippen molar-refractivity contribution in [2.75, 3.05) is 23.3 Å². The summed E-state index contributed by atoms with van der Waals surface area (Å²) in [6, 6.07) is 16.4. The second kappa shape index (κ2) is 10.7. The van der Waals surface area contributed by atoms with E-state index < -0.39 is 10.0 Å². The van der Waals surface area contributed by atoms with Crippen LogP contribution in [0.2, 0.25) is 0 Å². The molecule has 0 bridgehead atoms. The summed E-state index contributed by atoms with van der Waals surface area (Å²) >= 11 is 3.43. The molecule has 0 saturated carbocycles. The SMILES string of the molecule is CCOc1ccc(NS(=O)(=O)c2ccc(OCC(=O)Nc3c(C)cc(Br)cc3C)cc2)cc1. The number of halogens is 1. The van der Waals surface area contributed by atoms with Crippen LogP contribution in [0.3, 0.4) is 0 Å². The van der Waals surface area contributed by atoms with Crippen molar-refractivity contribution in [2.45, 2.75) is 25.7 Å². The highest BCUT2D eigenvalue weighted by molar-refractivity contribution is 9.10. The van der Waals surface area contributed by atoms with Crippen LogP contribution in [0, 0.1) is 13.8 Å². The lowest BCUT2D eigenvalue weighted by molar-refractivity contribution is -0.118. The Balaban J connectivity index is 1.58. The number of carbonyl (C=O) groups excluding carboxylic acids is 1. The van der Waals surface area contributed by atoms with Gasteiger partial charge in [0.25, 0.3) is 15.9 Å². The molecule has 0 atom stereocenters. The highest BCUT2D eigenvalue weighted by Crippen LogP contribution is 2.25. The van der Waals surface area contributed by atoms with Crippen molar-refractivity contribution in [3.63, 3.8) is 0 Å². The zero-order chi connectivity index (χ0) is 24.0. The zero-order valence-electron chi connectivity index (χ0n) is 18.5. The highest BCUT2D eigenvalue weighted by Gasteiger charge is 2.15. The molecule has 3 aromatic carbocycles. The molecule has 7 nitrogen and oxygen atoms in total. The van der Waals surface area contributed by atoms with Gasteiger partial charge in [0.15, 0.2) is 6.61 Å². The number of rotatable bonds is 9. The van der Waals surface area contributed by atoms with Crippen LogP contribution in [0.25, 0.3) is 0 Å². The molecule has 0 aliphatic rings. The van der Waals surface area contributed by atoms with Gasteiger partial charge in [-0.2, -0.15) is 0 Å². The van der Waals surface area contributed by atoms with Gasteiger partial charge < -0.3 is 14.8 Å². The number of sulfonamides is 1. The molecule has 0 fully saturated rings. The molecular weight excluding hydrogens is 508 g/mol. The van der Waals surface area contributed by atoms with E-state index >= 15 is 0 Å². The number of aryl methyl sites for hydroxylation is 2. The maximum Gasteiger partial charge on any atom is 0.262 e. The van der Waals surface area contributed by atoms with Crippen LogP contribution in [-0.4, -0.2) is 27.5 Å². The largest absolute Gasteiger partial charge is 0.494 e. The quantitative estimate of drug-likeness (QED) is 0.390. The van der Waals surface area contributed by atoms with Crippen LogP contribution < -0.4 is 19.5 Å². The molecule has 0 radical (unpaired) electrons. The number of hydrogen-bond acceptors (Lipinski definition) is 5. The Labute approximate surface area is 202 Å². The summed E-state index contributed by atoms with van der Waals surface area (Å²) < 4.78 is 39.6. The summed E-state index contributed by atoms with van der Waals surface area (Å²) in [5.74, 6) is 0.739. The predicted molar refractivity (Wildman–Crippen MR) is 133 cm³/mol. The van der Waals surface area contributed by atoms with Gasteiger partial charge in [0.1, 0.15) is 11.5 Å². The van der Waals surface area contributed by atoms with E-state index in [0.717, 1.165) is 21.3 Å². The van der Waals surface area contributed by atoms with Gasteiger partial charge in [-0.15, -0.1) is 0 Å². The first-order valence-corrected chi connectivity index (χ1v) is 12.5. The van der Waals surface area contributed by atoms with Gasteiger partial charge in [-0.1, -0.05) is 15.9 Å². The Bertz CT molecular complexity index is 1200. The van der Waals surface area contributed by atoms with Crippen LogP contribution in [0.1, 0.15) is 18.1 Å². The lowest BCUT2D eigenvalue weighted by Gasteiger charge is -2.13. The molecule has 9 heteroatoms. The predicted octanol–water partition coefficient (Wildman–Crippen LogP) is 5.28. The van der Waals surface area contributed by atoms with Crippen molar-refractivity contribution >= 4 is 43.2 Å². The topological polar surface area (TPSA) is 93.7 Å². The molecule has 3 rings (SSSR count). The van der Waals surface area contributed by atoms with E-state index in [2.05, 4.69) is 26.0 Å². The molecule has 0 saturated heterocycles. The van der Waals surface area contributed by atoms with Crippen LogP contribution in [-0.2, 0) is 14.8 Å². The third-order valence-electron chi connectivity index (χ3n) is 4.68. The Hall–Kier alpha value is -3.04. The van der Waals surface area contributed by atoms with Gasteiger partial charge in [-0.3, -0.25) is 9.52 Å². The van der Waals surface area contributed by atoms with Crippen LogP contribution >= 0.6 is 15.9 Å². The monoisotopic (exact) mass is 532 g/mol. The standard InChI is InChI=1S/C24H25BrN2O5S/c1-4-31-20-7-5-19(6-8-20)27-33(29,30)22-11-9-21(10-12-22)32-15-23(28)26-24-16(2)13-18(25)14-17(24)3/h5-14,27H,4,15H2,1-3H3,(H,26,28). The van der Waals surface area contributed by atoms with Gasteiger partial charge in [-0.25, -0.2) is 8.42 Å². The number of amides is 1. The second-order valence-corrected chi connectivity index (χ2v) is 9.88. The third-order valence-corrected chi connectivity index (χ3v) is 6.54. The fourth-order valence-corrected chi connectivity index (χ4v) is 4.89. The molecular formula is C24H25BrN2O5S. The molecule has 0 aliphatic heterocycles. The van der Waals surface area contributed by atoms with E-state index in [1.165, 1.54) is 24.3 Å². The molecule has 0 unspecified atom stereocenters. The minimum atomic E-state index is -3.77. The summed E-state index contributed by atoms with van der Waals surface area (Å²) in [6.07, 6.45) is 0. The highest BCUT2D eigenvalue weighted by atomic mass is 79.9. The van der Waals surface area contributed by atoms with Crippen molar-refractivity contribution < 1.29 is 22.7 Å². The number of benzene rings is 3. The summed E-state index contributed by atoms with van der Waals surface area (Å²) in [5.41, 5.74) is 3.04. The van der Waals surface area contributed by atoms with Gasteiger partial charge in [-0.05, 0) is 92.6 Å². The smallest absolute Gasteiger partial charge is 0.262 e. The Morgan fingerprint density at radius 3 is 2.03 bits per heavy atom. The van der Waals surface area contributed by atoms with E-state index in [0.29, 0.717) is 23.8 Å². The fourth-order valence-electron chi connectivity index (χ4n) is 3.15. The lowest BCUT2D eigenvalue weighted by atomic mass is 10.1. The molecule has 0 spiro atoms. The van der Waals surface area contributed by atoms with Crippen molar-refractivity contribution in [1.29, 1.82) is 0 Å². The average molecular weight is 533 g/mol. The number of nitrogens with one attached hydrogen (secondary N) is 2. The Morgan fingerprint density at radius 2 is 1.45 bits per heavy atom. The van der Waals surface area contributed by atoms with Crippen LogP contribution in [0.5, 0.6) is 11.5 Å². The number of carbonyl (C=O) groups is 1. The third kappa shape index (κ3) is 6.72. The van der Waals surface area contributed by atoms with E-state index in [1.807, 2.05) is 32.9 Å². The maximum atomic E-state index is 12.6. The summed E-state index contributed by atoms with van der Waals surface area (Å²) in [6.45, 7) is 6.03. The van der Waals surface area contributed by atoms with Gasteiger partial charge >= 0.3 is 0 Å². The van der Waals surface area contributed by atoms with Gasteiger partial charge in [0, 0.05) is 15.8 Å². The average Bonchev–Trinajstić information content (AvgIpc) is 2.76. The van der Waals surface area contributed by atoms with E-state index in [9.17, 15) is 13.2 Å². The molecule has 0 heterocycles. The van der Waals surface area contributed by atoms with E-state index in [4.69, 9.17) is 9.47 Å². The van der Waals surface area contributed by atoms with Crippen LogP contribution in [0.4, 0.5) is 11.4 Å². The second-order valence-electron chi connectivity index (χ2n) is 7.29. The normalized spacial score (nSPS) is 11.0. The maximum absolute atomic E-state index is 12.6. The van der Waals surface area contributed by atoms with Crippen molar-refractivity contribution in [3.8, 4) is 11.5 Å². The summed E-state index contributed by atoms with van der Waals surface area (Å²) in [4.78, 5) is 12.4. The first kappa shape index (κ1) is 24.6. The molecule has 174 valence electrons. The van der Waals surface area contributed by atoms with E-state index in [1.54, 1.807) is 24.3 Å². The molecule has 0 aromatic heterocycles. The zero-order valence-corrected chi connectivity index (χ0v) is 20.9. The molecule has 1 amide bonds. The minimum Gasteiger partial charge on any atom is -0.494 e. The summed E-state index contributed by atoms with van der Waals surface area (Å²) in [7, 11) is -3.77. The Kier molecular flexibility index (Phi) is 7.99.